The quantitative estimate of drug-likeness (QED) is 0.758. The predicted octanol–water partition coefficient (Wildman–Crippen LogP) is 1.13. The Morgan fingerprint density at radius 3 is 2.29 bits per heavy atom. The molecule has 1 fully saturated rings. The number of hydrogen-bond acceptors (Lipinski definition) is 4. The van der Waals surface area contributed by atoms with Gasteiger partial charge in [0.2, 0.25) is 0 Å². The number of piperazine rings is 1. The number of nitrogens with two attached hydrogens (primary N) is 2. The van der Waals surface area contributed by atoms with Gasteiger partial charge in [-0.3, -0.25) is 0 Å². The van der Waals surface area contributed by atoms with Crippen LogP contribution in [0.2, 0.25) is 0 Å². The van der Waals surface area contributed by atoms with Crippen LogP contribution in [0.5, 0.6) is 0 Å². The van der Waals surface area contributed by atoms with E-state index in [-0.39, 0.29) is 5.82 Å². The van der Waals surface area contributed by atoms with Crippen molar-refractivity contribution in [2.75, 3.05) is 49.1 Å². The molecule has 0 spiro atoms. The van der Waals surface area contributed by atoms with Crippen LogP contribution >= 0.6 is 0 Å². The van der Waals surface area contributed by atoms with Crippen molar-refractivity contribution in [3.8, 4) is 0 Å². The van der Waals surface area contributed by atoms with Gasteiger partial charge in [0, 0.05) is 32.2 Å². The monoisotopic (exact) mass is 238 g/mol. The van der Waals surface area contributed by atoms with Gasteiger partial charge < -0.3 is 21.3 Å². The van der Waals surface area contributed by atoms with Gasteiger partial charge in [-0.15, -0.1) is 0 Å². The van der Waals surface area contributed by atoms with Crippen LogP contribution in [0.4, 0.5) is 21.5 Å². The van der Waals surface area contributed by atoms with E-state index in [1.54, 1.807) is 6.07 Å². The molecule has 1 aliphatic heterocycles. The van der Waals surface area contributed by atoms with Gasteiger partial charge in [0.1, 0.15) is 5.82 Å². The van der Waals surface area contributed by atoms with E-state index >= 15 is 0 Å². The minimum atomic E-state index is -0.290. The summed E-state index contributed by atoms with van der Waals surface area (Å²) in [4.78, 5) is 4.37. The Bertz CT molecular complexity index is 400. The summed E-state index contributed by atoms with van der Waals surface area (Å²) in [5.41, 5.74) is 12.6. The van der Waals surface area contributed by atoms with E-state index in [9.17, 15) is 4.39 Å². The van der Waals surface area contributed by atoms with E-state index < -0.39 is 0 Å². The molecule has 0 bridgehead atoms. The minimum Gasteiger partial charge on any atom is -0.397 e. The van der Waals surface area contributed by atoms with Crippen LogP contribution in [-0.4, -0.2) is 37.6 Å². The van der Waals surface area contributed by atoms with Gasteiger partial charge in [-0.1, -0.05) is 6.92 Å². The molecule has 4 nitrogen and oxygen atoms in total. The lowest BCUT2D eigenvalue weighted by Crippen LogP contribution is -2.46. The maximum absolute atomic E-state index is 13.8. The Morgan fingerprint density at radius 1 is 1.12 bits per heavy atom. The first kappa shape index (κ1) is 12.0. The summed E-state index contributed by atoms with van der Waals surface area (Å²) in [6, 6.07) is 2.93. The highest BCUT2D eigenvalue weighted by Gasteiger charge is 2.19. The fraction of sp³-hybridized carbons (Fsp3) is 0.500. The molecule has 1 aliphatic rings. The summed E-state index contributed by atoms with van der Waals surface area (Å²) in [7, 11) is 0. The van der Waals surface area contributed by atoms with Crippen molar-refractivity contribution in [2.24, 2.45) is 0 Å². The summed E-state index contributed by atoms with van der Waals surface area (Å²) in [6.45, 7) is 6.75. The number of anilines is 3. The van der Waals surface area contributed by atoms with Crippen LogP contribution in [0.3, 0.4) is 0 Å². The molecule has 1 saturated heterocycles. The van der Waals surface area contributed by atoms with Gasteiger partial charge in [0.05, 0.1) is 17.1 Å². The second-order valence-corrected chi connectivity index (χ2v) is 4.35. The molecule has 4 N–H and O–H groups in total. The van der Waals surface area contributed by atoms with Gasteiger partial charge in [-0.2, -0.15) is 0 Å². The number of halogens is 1. The first-order chi connectivity index (χ1) is 8.11. The Balaban J connectivity index is 2.16. The van der Waals surface area contributed by atoms with Crippen molar-refractivity contribution in [1.29, 1.82) is 0 Å². The Morgan fingerprint density at radius 2 is 1.71 bits per heavy atom. The van der Waals surface area contributed by atoms with Gasteiger partial charge in [-0.05, 0) is 12.6 Å². The number of likely N-dealkylation sites (N-methyl/N-ethyl adjacent to an activating group) is 1. The Hall–Kier alpha value is -1.49. The zero-order chi connectivity index (χ0) is 12.4. The zero-order valence-electron chi connectivity index (χ0n) is 10.1. The topological polar surface area (TPSA) is 58.5 Å². The third-order valence-corrected chi connectivity index (χ3v) is 3.31. The predicted molar refractivity (Wildman–Crippen MR) is 69.6 cm³/mol. The molecule has 1 heterocycles. The lowest BCUT2D eigenvalue weighted by Gasteiger charge is -2.35. The Labute approximate surface area is 101 Å². The van der Waals surface area contributed by atoms with E-state index in [1.807, 2.05) is 4.90 Å². The third-order valence-electron chi connectivity index (χ3n) is 3.31. The molecule has 17 heavy (non-hydrogen) atoms. The lowest BCUT2D eigenvalue weighted by molar-refractivity contribution is 0.270. The second kappa shape index (κ2) is 4.79. The number of benzene rings is 1. The molecular weight excluding hydrogens is 219 g/mol. The largest absolute Gasteiger partial charge is 0.397 e. The van der Waals surface area contributed by atoms with Crippen LogP contribution in [0.15, 0.2) is 12.1 Å². The molecule has 94 valence electrons. The molecule has 1 aromatic carbocycles. The van der Waals surface area contributed by atoms with Crippen molar-refractivity contribution in [2.45, 2.75) is 6.92 Å². The molecule has 0 aliphatic carbocycles. The van der Waals surface area contributed by atoms with Crippen LogP contribution in [0, 0.1) is 5.82 Å². The first-order valence-electron chi connectivity index (χ1n) is 5.93. The molecule has 0 atom stereocenters. The van der Waals surface area contributed by atoms with Crippen molar-refractivity contribution in [3.05, 3.63) is 17.9 Å². The molecule has 0 amide bonds. The van der Waals surface area contributed by atoms with Crippen LogP contribution in [0.1, 0.15) is 6.92 Å². The molecule has 0 unspecified atom stereocenters. The summed E-state index contributed by atoms with van der Waals surface area (Å²) < 4.78 is 13.8. The maximum atomic E-state index is 13.8. The standard InChI is InChI=1S/C12H19FN4/c1-2-16-3-5-17(6-4-16)12-8-11(15)10(14)7-9(12)13/h7-8H,2-6,14-15H2,1H3. The highest BCUT2D eigenvalue weighted by Crippen LogP contribution is 2.27. The van der Waals surface area contributed by atoms with Gasteiger partial charge >= 0.3 is 0 Å². The molecule has 5 heteroatoms. The number of nitrogen functional groups attached to an aromatic ring is 2. The van der Waals surface area contributed by atoms with Crippen LogP contribution in [-0.2, 0) is 0 Å². The molecule has 1 aromatic rings. The fourth-order valence-electron chi connectivity index (χ4n) is 2.14. The average Bonchev–Trinajstić information content (AvgIpc) is 2.34. The number of hydrogen-bond donors (Lipinski definition) is 2. The third kappa shape index (κ3) is 2.44. The number of nitrogens with zero attached hydrogens (tertiary/aromatic N) is 2. The summed E-state index contributed by atoms with van der Waals surface area (Å²) in [6.07, 6.45) is 0. The summed E-state index contributed by atoms with van der Waals surface area (Å²) in [5, 5.41) is 0. The smallest absolute Gasteiger partial charge is 0.148 e. The zero-order valence-corrected chi connectivity index (χ0v) is 10.1. The lowest BCUT2D eigenvalue weighted by atomic mass is 10.2. The van der Waals surface area contributed by atoms with Crippen LogP contribution in [0.25, 0.3) is 0 Å². The molecular formula is C12H19FN4. The highest BCUT2D eigenvalue weighted by molar-refractivity contribution is 5.70. The van der Waals surface area contributed by atoms with Crippen molar-refractivity contribution < 1.29 is 4.39 Å². The van der Waals surface area contributed by atoms with E-state index in [0.717, 1.165) is 32.7 Å². The normalized spacial score (nSPS) is 17.4. The Kier molecular flexibility index (Phi) is 3.38. The number of rotatable bonds is 2. The summed E-state index contributed by atoms with van der Waals surface area (Å²) >= 11 is 0. The molecule has 0 aromatic heterocycles. The van der Waals surface area contributed by atoms with Crippen molar-refractivity contribution in [1.82, 2.24) is 4.90 Å². The molecule has 0 saturated carbocycles. The van der Waals surface area contributed by atoms with Gasteiger partial charge in [0.15, 0.2) is 0 Å². The maximum Gasteiger partial charge on any atom is 0.148 e. The fourth-order valence-corrected chi connectivity index (χ4v) is 2.14. The highest BCUT2D eigenvalue weighted by atomic mass is 19.1. The van der Waals surface area contributed by atoms with E-state index in [4.69, 9.17) is 11.5 Å². The van der Waals surface area contributed by atoms with Gasteiger partial charge in [0.25, 0.3) is 0 Å². The van der Waals surface area contributed by atoms with Crippen molar-refractivity contribution in [3.63, 3.8) is 0 Å². The van der Waals surface area contributed by atoms with E-state index in [1.165, 1.54) is 6.07 Å². The van der Waals surface area contributed by atoms with Crippen LogP contribution < -0.4 is 16.4 Å². The average molecular weight is 238 g/mol. The SMILES string of the molecule is CCN1CCN(c2cc(N)c(N)cc2F)CC1. The van der Waals surface area contributed by atoms with E-state index in [2.05, 4.69) is 11.8 Å². The first-order valence-corrected chi connectivity index (χ1v) is 5.93. The summed E-state index contributed by atoms with van der Waals surface area (Å²) in [5.74, 6) is -0.290. The van der Waals surface area contributed by atoms with Gasteiger partial charge in [-0.25, -0.2) is 4.39 Å². The van der Waals surface area contributed by atoms with Crippen molar-refractivity contribution >= 4 is 17.1 Å². The second-order valence-electron chi connectivity index (χ2n) is 4.35. The molecule has 2 rings (SSSR count). The molecule has 0 radical (unpaired) electrons. The minimum absolute atomic E-state index is 0.290. The van der Waals surface area contributed by atoms with E-state index in [0.29, 0.717) is 17.1 Å².